The second kappa shape index (κ2) is 6.06. The van der Waals surface area contributed by atoms with Crippen molar-refractivity contribution in [1.29, 1.82) is 0 Å². The Bertz CT molecular complexity index is 572. The lowest BCUT2D eigenvalue weighted by Crippen LogP contribution is -2.08. The first kappa shape index (κ1) is 13.9. The molecule has 0 amide bonds. The molecule has 0 bridgehead atoms. The van der Waals surface area contributed by atoms with Gasteiger partial charge in [0.15, 0.2) is 0 Å². The molecule has 0 saturated heterocycles. The molecule has 0 saturated carbocycles. The predicted molar refractivity (Wildman–Crippen MR) is 81.7 cm³/mol. The number of ether oxygens (including phenoxy) is 1. The summed E-state index contributed by atoms with van der Waals surface area (Å²) in [7, 11) is 1.67. The van der Waals surface area contributed by atoms with E-state index in [1.807, 2.05) is 18.3 Å². The highest BCUT2D eigenvalue weighted by Crippen LogP contribution is 2.29. The van der Waals surface area contributed by atoms with Crippen LogP contribution in [0, 0.1) is 6.92 Å². The first-order valence-corrected chi connectivity index (χ1v) is 6.91. The van der Waals surface area contributed by atoms with E-state index in [0.29, 0.717) is 0 Å². The predicted octanol–water partition coefficient (Wildman–Crippen LogP) is 4.33. The molecule has 1 aromatic carbocycles. The van der Waals surface area contributed by atoms with Crippen molar-refractivity contribution >= 4 is 21.6 Å². The van der Waals surface area contributed by atoms with Gasteiger partial charge in [-0.2, -0.15) is 0 Å². The van der Waals surface area contributed by atoms with Gasteiger partial charge in [0, 0.05) is 12.2 Å². The number of rotatable bonds is 4. The summed E-state index contributed by atoms with van der Waals surface area (Å²) in [5, 5.41) is 3.47. The van der Waals surface area contributed by atoms with Gasteiger partial charge in [-0.1, -0.05) is 6.07 Å². The van der Waals surface area contributed by atoms with Gasteiger partial charge in [0.05, 0.1) is 23.5 Å². The number of methoxy groups -OCH3 is 1. The lowest BCUT2D eigenvalue weighted by molar-refractivity contribution is 0.412. The zero-order valence-electron chi connectivity index (χ0n) is 11.3. The van der Waals surface area contributed by atoms with Gasteiger partial charge in [-0.05, 0) is 59.1 Å². The quantitative estimate of drug-likeness (QED) is 0.910. The van der Waals surface area contributed by atoms with E-state index in [9.17, 15) is 0 Å². The summed E-state index contributed by atoms with van der Waals surface area (Å²) in [6, 6.07) is 8.30. The molecule has 0 aliphatic rings. The zero-order chi connectivity index (χ0) is 13.8. The standard InChI is InChI=1S/C15H17BrN2O/c1-10-6-7-17-9-14(10)18-11(2)12-4-5-15(19-3)13(16)8-12/h4-9,11,18H,1-3H3. The smallest absolute Gasteiger partial charge is 0.133 e. The van der Waals surface area contributed by atoms with Crippen LogP contribution in [0.2, 0.25) is 0 Å². The molecule has 1 N–H and O–H groups in total. The molecule has 3 nitrogen and oxygen atoms in total. The highest BCUT2D eigenvalue weighted by Gasteiger charge is 2.09. The van der Waals surface area contributed by atoms with Gasteiger partial charge in [-0.25, -0.2) is 0 Å². The topological polar surface area (TPSA) is 34.1 Å². The second-order valence-corrected chi connectivity index (χ2v) is 5.30. The van der Waals surface area contributed by atoms with Gasteiger partial charge in [-0.15, -0.1) is 0 Å². The average molecular weight is 321 g/mol. The Morgan fingerprint density at radius 1 is 1.32 bits per heavy atom. The van der Waals surface area contributed by atoms with E-state index in [1.54, 1.807) is 13.3 Å². The van der Waals surface area contributed by atoms with Crippen molar-refractivity contribution in [2.75, 3.05) is 12.4 Å². The maximum absolute atomic E-state index is 5.24. The molecule has 1 heterocycles. The Kier molecular flexibility index (Phi) is 4.43. The van der Waals surface area contributed by atoms with Crippen molar-refractivity contribution in [2.45, 2.75) is 19.9 Å². The van der Waals surface area contributed by atoms with Gasteiger partial charge in [-0.3, -0.25) is 4.98 Å². The zero-order valence-corrected chi connectivity index (χ0v) is 12.9. The van der Waals surface area contributed by atoms with Gasteiger partial charge >= 0.3 is 0 Å². The first-order chi connectivity index (χ1) is 9.11. The molecule has 100 valence electrons. The maximum atomic E-state index is 5.24. The lowest BCUT2D eigenvalue weighted by Gasteiger charge is -2.18. The van der Waals surface area contributed by atoms with Gasteiger partial charge < -0.3 is 10.1 Å². The van der Waals surface area contributed by atoms with Crippen LogP contribution in [0.1, 0.15) is 24.1 Å². The number of benzene rings is 1. The molecule has 0 aliphatic carbocycles. The number of hydrogen-bond donors (Lipinski definition) is 1. The summed E-state index contributed by atoms with van der Waals surface area (Å²) in [6.07, 6.45) is 3.65. The summed E-state index contributed by atoms with van der Waals surface area (Å²) in [4.78, 5) is 4.15. The second-order valence-electron chi connectivity index (χ2n) is 4.45. The van der Waals surface area contributed by atoms with E-state index in [0.717, 1.165) is 15.9 Å². The molecule has 0 fully saturated rings. The average Bonchev–Trinajstić information content (AvgIpc) is 2.41. The molecule has 0 radical (unpaired) electrons. The monoisotopic (exact) mass is 320 g/mol. The van der Waals surface area contributed by atoms with Crippen molar-refractivity contribution < 1.29 is 4.74 Å². The molecule has 1 unspecified atom stereocenters. The molecule has 2 rings (SSSR count). The van der Waals surface area contributed by atoms with Crippen LogP contribution in [-0.4, -0.2) is 12.1 Å². The number of nitrogens with zero attached hydrogens (tertiary/aromatic N) is 1. The van der Waals surface area contributed by atoms with E-state index in [-0.39, 0.29) is 6.04 Å². The van der Waals surface area contributed by atoms with Gasteiger partial charge in [0.2, 0.25) is 0 Å². The third-order valence-corrected chi connectivity index (χ3v) is 3.71. The number of hydrogen-bond acceptors (Lipinski definition) is 3. The van der Waals surface area contributed by atoms with Crippen LogP contribution in [0.5, 0.6) is 5.75 Å². The fraction of sp³-hybridized carbons (Fsp3) is 0.267. The molecule has 19 heavy (non-hydrogen) atoms. The number of anilines is 1. The van der Waals surface area contributed by atoms with Crippen LogP contribution in [0.15, 0.2) is 41.1 Å². The summed E-state index contributed by atoms with van der Waals surface area (Å²) in [5.74, 6) is 0.841. The summed E-state index contributed by atoms with van der Waals surface area (Å²) >= 11 is 3.51. The highest BCUT2D eigenvalue weighted by atomic mass is 79.9. The largest absolute Gasteiger partial charge is 0.496 e. The van der Waals surface area contributed by atoms with E-state index >= 15 is 0 Å². The lowest BCUT2D eigenvalue weighted by atomic mass is 10.1. The van der Waals surface area contributed by atoms with Crippen molar-refractivity contribution in [1.82, 2.24) is 4.98 Å². The minimum Gasteiger partial charge on any atom is -0.496 e. The minimum atomic E-state index is 0.199. The van der Waals surface area contributed by atoms with Crippen LogP contribution in [0.4, 0.5) is 5.69 Å². The van der Waals surface area contributed by atoms with E-state index in [4.69, 9.17) is 4.74 Å². The Labute approximate surface area is 122 Å². The fourth-order valence-corrected chi connectivity index (χ4v) is 2.44. The van der Waals surface area contributed by atoms with Crippen molar-refractivity contribution in [3.8, 4) is 5.75 Å². The number of halogens is 1. The Hall–Kier alpha value is -1.55. The minimum absolute atomic E-state index is 0.199. The maximum Gasteiger partial charge on any atom is 0.133 e. The molecular formula is C15H17BrN2O. The van der Waals surface area contributed by atoms with Crippen molar-refractivity contribution in [2.24, 2.45) is 0 Å². The summed E-state index contributed by atoms with van der Waals surface area (Å²) in [6.45, 7) is 4.20. The van der Waals surface area contributed by atoms with Crippen LogP contribution < -0.4 is 10.1 Å². The van der Waals surface area contributed by atoms with Crippen molar-refractivity contribution in [3.05, 3.63) is 52.3 Å². The van der Waals surface area contributed by atoms with Crippen molar-refractivity contribution in [3.63, 3.8) is 0 Å². The molecular weight excluding hydrogens is 304 g/mol. The number of aromatic nitrogens is 1. The summed E-state index contributed by atoms with van der Waals surface area (Å²) in [5.41, 5.74) is 3.44. The Morgan fingerprint density at radius 3 is 2.74 bits per heavy atom. The van der Waals surface area contributed by atoms with E-state index < -0.39 is 0 Å². The number of aryl methyl sites for hydroxylation is 1. The van der Waals surface area contributed by atoms with Crippen LogP contribution >= 0.6 is 15.9 Å². The molecule has 4 heteroatoms. The number of nitrogens with one attached hydrogen (secondary N) is 1. The highest BCUT2D eigenvalue weighted by molar-refractivity contribution is 9.10. The SMILES string of the molecule is COc1ccc(C(C)Nc2cnccc2C)cc1Br. The number of pyridine rings is 1. The molecule has 2 aromatic rings. The fourth-order valence-electron chi connectivity index (χ4n) is 1.88. The molecule has 1 aromatic heterocycles. The molecule has 1 atom stereocenters. The van der Waals surface area contributed by atoms with E-state index in [1.165, 1.54) is 11.1 Å². The first-order valence-electron chi connectivity index (χ1n) is 6.12. The van der Waals surface area contributed by atoms with Gasteiger partial charge in [0.25, 0.3) is 0 Å². The van der Waals surface area contributed by atoms with Crippen LogP contribution in [-0.2, 0) is 0 Å². The van der Waals surface area contributed by atoms with Crippen LogP contribution in [0.3, 0.4) is 0 Å². The third-order valence-electron chi connectivity index (χ3n) is 3.09. The molecule has 0 spiro atoms. The third kappa shape index (κ3) is 3.26. The van der Waals surface area contributed by atoms with Gasteiger partial charge in [0.1, 0.15) is 5.75 Å². The van der Waals surface area contributed by atoms with E-state index in [2.05, 4.69) is 52.2 Å². The Balaban J connectivity index is 2.18. The molecule has 0 aliphatic heterocycles. The Morgan fingerprint density at radius 2 is 2.11 bits per heavy atom. The summed E-state index contributed by atoms with van der Waals surface area (Å²) < 4.78 is 6.20. The van der Waals surface area contributed by atoms with Crippen LogP contribution in [0.25, 0.3) is 0 Å². The normalized spacial score (nSPS) is 12.0.